The van der Waals surface area contributed by atoms with Gasteiger partial charge in [-0.15, -0.1) is 0 Å². The lowest BCUT2D eigenvalue weighted by atomic mass is 10.2. The van der Waals surface area contributed by atoms with E-state index in [4.69, 9.17) is 10.2 Å². The molecule has 2 aromatic heterocycles. The van der Waals surface area contributed by atoms with E-state index in [2.05, 4.69) is 25.9 Å². The van der Waals surface area contributed by atoms with Crippen LogP contribution in [0.1, 0.15) is 18.0 Å². The van der Waals surface area contributed by atoms with Crippen LogP contribution in [0.4, 0.5) is 17.3 Å². The van der Waals surface area contributed by atoms with E-state index in [1.54, 1.807) is 19.4 Å². The molecule has 0 saturated heterocycles. The van der Waals surface area contributed by atoms with Crippen LogP contribution in [0.2, 0.25) is 0 Å². The highest BCUT2D eigenvalue weighted by Crippen LogP contribution is 2.23. The number of carbonyl (C=O) groups excluding carboxylic acids is 1. The molecule has 0 fully saturated rings. The first kappa shape index (κ1) is 14.9. The van der Waals surface area contributed by atoms with Crippen molar-refractivity contribution >= 4 is 28.8 Å². The second-order valence-corrected chi connectivity index (χ2v) is 5.08. The minimum absolute atomic E-state index is 0.233. The summed E-state index contributed by atoms with van der Waals surface area (Å²) in [6.45, 7) is 0.512. The Hall–Kier alpha value is -3.03. The van der Waals surface area contributed by atoms with Crippen LogP contribution in [0.15, 0.2) is 29.0 Å². The molecule has 2 aromatic rings. The van der Waals surface area contributed by atoms with Crippen molar-refractivity contribution < 1.29 is 9.21 Å². The number of hydrogen-bond donors (Lipinski definition) is 4. The van der Waals surface area contributed by atoms with Gasteiger partial charge in [0.25, 0.3) is 5.91 Å². The van der Waals surface area contributed by atoms with Crippen molar-refractivity contribution in [1.82, 2.24) is 15.3 Å². The quantitative estimate of drug-likeness (QED) is 0.584. The smallest absolute Gasteiger partial charge is 0.256 e. The average Bonchev–Trinajstić information content (AvgIpc) is 2.99. The summed E-state index contributed by atoms with van der Waals surface area (Å²) >= 11 is 0. The Kier molecular flexibility index (Phi) is 4.13. The molecule has 0 spiro atoms. The summed E-state index contributed by atoms with van der Waals surface area (Å²) in [5, 5.41) is 8.92. The number of nitrogens with zero attached hydrogens (tertiary/aromatic N) is 2. The van der Waals surface area contributed by atoms with Crippen LogP contribution in [-0.4, -0.2) is 29.5 Å². The van der Waals surface area contributed by atoms with Crippen LogP contribution in [0.5, 0.6) is 0 Å². The van der Waals surface area contributed by atoms with Crippen molar-refractivity contribution in [3.8, 4) is 0 Å². The Balaban J connectivity index is 2.06. The van der Waals surface area contributed by atoms with Gasteiger partial charge < -0.3 is 26.1 Å². The zero-order valence-corrected chi connectivity index (χ0v) is 12.7. The summed E-state index contributed by atoms with van der Waals surface area (Å²) in [5.41, 5.74) is 6.64. The molecule has 0 radical (unpaired) electrons. The predicted molar refractivity (Wildman–Crippen MR) is 87.1 cm³/mol. The fraction of sp³-hybridized carbons (Fsp3) is 0.267. The van der Waals surface area contributed by atoms with E-state index in [1.165, 1.54) is 6.20 Å². The predicted octanol–water partition coefficient (Wildman–Crippen LogP) is 1.22. The van der Waals surface area contributed by atoms with E-state index in [0.29, 0.717) is 18.2 Å². The minimum Gasteiger partial charge on any atom is -0.467 e. The number of aryl methyl sites for hydroxylation is 1. The van der Waals surface area contributed by atoms with E-state index in [0.717, 1.165) is 24.3 Å². The summed E-state index contributed by atoms with van der Waals surface area (Å²) in [6.07, 6.45) is 4.36. The summed E-state index contributed by atoms with van der Waals surface area (Å²) < 4.78 is 5.49. The third-order valence-corrected chi connectivity index (χ3v) is 3.45. The van der Waals surface area contributed by atoms with E-state index >= 15 is 0 Å². The summed E-state index contributed by atoms with van der Waals surface area (Å²) in [5.74, 6) is 1.91. The number of amides is 1. The topological polar surface area (TPSA) is 118 Å². The Morgan fingerprint density at radius 2 is 2.26 bits per heavy atom. The summed E-state index contributed by atoms with van der Waals surface area (Å²) in [6, 6.07) is 3.65. The zero-order valence-electron chi connectivity index (χ0n) is 12.7. The van der Waals surface area contributed by atoms with Crippen LogP contribution in [0, 0.1) is 0 Å². The molecule has 3 rings (SSSR count). The van der Waals surface area contributed by atoms with Gasteiger partial charge in [-0.25, -0.2) is 9.97 Å². The second-order valence-electron chi connectivity index (χ2n) is 5.08. The maximum Gasteiger partial charge on any atom is 0.256 e. The van der Waals surface area contributed by atoms with Crippen LogP contribution in [0.25, 0.3) is 5.57 Å². The first-order valence-electron chi connectivity index (χ1n) is 7.31. The van der Waals surface area contributed by atoms with Gasteiger partial charge in [0.2, 0.25) is 0 Å². The molecule has 23 heavy (non-hydrogen) atoms. The van der Waals surface area contributed by atoms with Crippen molar-refractivity contribution in [1.29, 1.82) is 0 Å². The SMILES string of the molecule is CNc1cc2nc(n1)/C(=C\N)C(=O)NCCCc1cc(co1)N2. The number of nitrogens with two attached hydrogens (primary N) is 1. The van der Waals surface area contributed by atoms with Crippen molar-refractivity contribution in [2.24, 2.45) is 5.73 Å². The lowest BCUT2D eigenvalue weighted by Gasteiger charge is -2.11. The van der Waals surface area contributed by atoms with Gasteiger partial charge in [-0.2, -0.15) is 0 Å². The number of aromatic nitrogens is 2. The Morgan fingerprint density at radius 1 is 1.39 bits per heavy atom. The largest absolute Gasteiger partial charge is 0.467 e. The van der Waals surface area contributed by atoms with Gasteiger partial charge in [0.05, 0.1) is 11.3 Å². The highest BCUT2D eigenvalue weighted by atomic mass is 16.3. The monoisotopic (exact) mass is 314 g/mol. The van der Waals surface area contributed by atoms with Gasteiger partial charge in [0, 0.05) is 38.3 Å². The molecule has 8 nitrogen and oxygen atoms in total. The van der Waals surface area contributed by atoms with Crippen molar-refractivity contribution in [3.63, 3.8) is 0 Å². The molecule has 8 heteroatoms. The second kappa shape index (κ2) is 6.39. The van der Waals surface area contributed by atoms with Crippen molar-refractivity contribution in [3.05, 3.63) is 36.2 Å². The molecule has 1 aliphatic heterocycles. The van der Waals surface area contributed by atoms with Crippen molar-refractivity contribution in [2.75, 3.05) is 24.2 Å². The minimum atomic E-state index is -0.301. The van der Waals surface area contributed by atoms with Gasteiger partial charge >= 0.3 is 0 Å². The fourth-order valence-electron chi connectivity index (χ4n) is 2.30. The Morgan fingerprint density at radius 3 is 3.04 bits per heavy atom. The third kappa shape index (κ3) is 3.25. The number of carbonyl (C=O) groups is 1. The number of rotatable bonds is 1. The van der Waals surface area contributed by atoms with Gasteiger partial charge in [0.1, 0.15) is 23.7 Å². The summed E-state index contributed by atoms with van der Waals surface area (Å²) in [7, 11) is 1.74. The van der Waals surface area contributed by atoms with Crippen LogP contribution in [-0.2, 0) is 11.2 Å². The highest BCUT2D eigenvalue weighted by molar-refractivity contribution is 6.18. The third-order valence-electron chi connectivity index (χ3n) is 3.45. The van der Waals surface area contributed by atoms with Crippen LogP contribution >= 0.6 is 0 Å². The Labute approximate surface area is 133 Å². The molecule has 0 unspecified atom stereocenters. The molecule has 1 aliphatic rings. The van der Waals surface area contributed by atoms with Gasteiger partial charge in [-0.3, -0.25) is 4.79 Å². The van der Waals surface area contributed by atoms with E-state index in [1.807, 2.05) is 6.07 Å². The molecular weight excluding hydrogens is 296 g/mol. The molecule has 1 amide bonds. The highest BCUT2D eigenvalue weighted by Gasteiger charge is 2.17. The van der Waals surface area contributed by atoms with E-state index in [9.17, 15) is 4.79 Å². The first-order chi connectivity index (χ1) is 11.2. The van der Waals surface area contributed by atoms with Gasteiger partial charge in [-0.05, 0) is 6.42 Å². The molecule has 0 saturated carbocycles. The molecule has 120 valence electrons. The standard InChI is InChI=1S/C15H18N6O2/c1-17-12-6-13-19-9-5-10(23-8-9)3-2-4-18-15(22)11(7-16)14(20-12)21-13/h5-8H,2-4,16H2,1H3,(H,18,22)(H2,17,19,20,21)/b11-7+. The Bertz CT molecular complexity index is 752. The normalized spacial score (nSPS) is 16.6. The van der Waals surface area contributed by atoms with E-state index in [-0.39, 0.29) is 17.3 Å². The van der Waals surface area contributed by atoms with Crippen LogP contribution < -0.4 is 21.7 Å². The maximum atomic E-state index is 12.3. The molecular formula is C15H18N6O2. The van der Waals surface area contributed by atoms with Gasteiger partial charge in [-0.1, -0.05) is 0 Å². The van der Waals surface area contributed by atoms with Gasteiger partial charge in [0.15, 0.2) is 5.82 Å². The molecule has 0 aromatic carbocycles. The fourth-order valence-corrected chi connectivity index (χ4v) is 2.30. The molecule has 4 bridgehead atoms. The lowest BCUT2D eigenvalue weighted by molar-refractivity contribution is -0.115. The molecule has 0 aliphatic carbocycles. The lowest BCUT2D eigenvalue weighted by Crippen LogP contribution is -2.27. The number of furan rings is 1. The maximum absolute atomic E-state index is 12.3. The molecule has 3 heterocycles. The zero-order chi connectivity index (χ0) is 16.2. The average molecular weight is 314 g/mol. The van der Waals surface area contributed by atoms with E-state index < -0.39 is 0 Å². The molecule has 0 atom stereocenters. The number of nitrogens with one attached hydrogen (secondary N) is 3. The van der Waals surface area contributed by atoms with Crippen LogP contribution in [0.3, 0.4) is 0 Å². The summed E-state index contributed by atoms with van der Waals surface area (Å²) in [4.78, 5) is 20.9. The number of hydrogen-bond acceptors (Lipinski definition) is 7. The molecule has 5 N–H and O–H groups in total. The number of anilines is 3. The first-order valence-corrected chi connectivity index (χ1v) is 7.31. The van der Waals surface area contributed by atoms with Crippen molar-refractivity contribution in [2.45, 2.75) is 12.8 Å². The number of fused-ring (bicyclic) bond motifs is 4.